The first-order valence-corrected chi connectivity index (χ1v) is 9.34. The third-order valence-electron chi connectivity index (χ3n) is 4.16. The molecule has 0 spiro atoms. The number of fused-ring (bicyclic) bond motifs is 1. The smallest absolute Gasteiger partial charge is 0.407 e. The molecule has 1 heterocycles. The van der Waals surface area contributed by atoms with Crippen LogP contribution >= 0.6 is 15.9 Å². The van der Waals surface area contributed by atoms with E-state index in [0.717, 1.165) is 15.2 Å². The van der Waals surface area contributed by atoms with Crippen molar-refractivity contribution in [3.8, 4) is 0 Å². The Hall–Kier alpha value is -2.15. The van der Waals surface area contributed by atoms with Crippen molar-refractivity contribution in [3.63, 3.8) is 0 Å². The molecule has 1 saturated carbocycles. The highest BCUT2D eigenvalue weighted by Gasteiger charge is 2.36. The molecule has 1 aliphatic rings. The van der Waals surface area contributed by atoms with Crippen molar-refractivity contribution in [2.75, 3.05) is 5.32 Å². The molecule has 0 unspecified atom stereocenters. The number of benzene rings is 1. The number of nitrogens with zero attached hydrogens (tertiary/aromatic N) is 1. The van der Waals surface area contributed by atoms with Crippen LogP contribution in [0, 0.1) is 5.92 Å². The number of amides is 2. The zero-order valence-corrected chi connectivity index (χ0v) is 16.6. The highest BCUT2D eigenvalue weighted by Crippen LogP contribution is 2.29. The lowest BCUT2D eigenvalue weighted by molar-refractivity contribution is -0.123. The Balaban J connectivity index is 1.52. The van der Waals surface area contributed by atoms with Gasteiger partial charge >= 0.3 is 6.09 Å². The van der Waals surface area contributed by atoms with Crippen LogP contribution in [0.1, 0.15) is 33.6 Å². The first-order chi connectivity index (χ1) is 12.2. The minimum Gasteiger partial charge on any atom is -0.444 e. The molecule has 0 atom stereocenters. The summed E-state index contributed by atoms with van der Waals surface area (Å²) in [6, 6.07) is 7.73. The van der Waals surface area contributed by atoms with Gasteiger partial charge in [-0.05, 0) is 57.2 Å². The van der Waals surface area contributed by atoms with Crippen molar-refractivity contribution >= 4 is 44.5 Å². The van der Waals surface area contributed by atoms with Crippen LogP contribution in [0.2, 0.25) is 0 Å². The van der Waals surface area contributed by atoms with E-state index in [9.17, 15) is 9.59 Å². The van der Waals surface area contributed by atoms with Gasteiger partial charge in [-0.3, -0.25) is 4.79 Å². The van der Waals surface area contributed by atoms with E-state index in [-0.39, 0.29) is 17.9 Å². The molecule has 0 radical (unpaired) electrons. The molecule has 0 aliphatic heterocycles. The number of carbonyl (C=O) groups excluding carboxylic acids is 2. The molecule has 26 heavy (non-hydrogen) atoms. The molecular formula is C19H22BrN3O3. The number of halogens is 1. The van der Waals surface area contributed by atoms with E-state index in [1.807, 2.05) is 45.0 Å². The van der Waals surface area contributed by atoms with Gasteiger partial charge in [0.15, 0.2) is 0 Å². The van der Waals surface area contributed by atoms with Crippen LogP contribution in [-0.4, -0.2) is 28.6 Å². The fourth-order valence-electron chi connectivity index (χ4n) is 2.83. The van der Waals surface area contributed by atoms with Gasteiger partial charge in [0.1, 0.15) is 11.4 Å². The van der Waals surface area contributed by atoms with E-state index < -0.39 is 11.7 Å². The van der Waals surface area contributed by atoms with Gasteiger partial charge in [0.2, 0.25) is 5.91 Å². The predicted molar refractivity (Wildman–Crippen MR) is 104 cm³/mol. The number of alkyl carbamates (subject to hydrolysis) is 1. The Kier molecular flexibility index (Phi) is 5.18. The summed E-state index contributed by atoms with van der Waals surface area (Å²) in [5.41, 5.74) is -0.526. The first kappa shape index (κ1) is 18.6. The van der Waals surface area contributed by atoms with Crippen LogP contribution in [0.4, 0.5) is 10.6 Å². The highest BCUT2D eigenvalue weighted by atomic mass is 79.9. The average Bonchev–Trinajstić information content (AvgIpc) is 2.48. The molecule has 2 aromatic rings. The van der Waals surface area contributed by atoms with Crippen molar-refractivity contribution in [2.24, 2.45) is 5.92 Å². The maximum atomic E-state index is 12.4. The number of hydrogen-bond acceptors (Lipinski definition) is 4. The minimum atomic E-state index is -0.526. The quantitative estimate of drug-likeness (QED) is 0.779. The topological polar surface area (TPSA) is 80.3 Å². The van der Waals surface area contributed by atoms with Gasteiger partial charge in [-0.15, -0.1) is 0 Å². The lowest BCUT2D eigenvalue weighted by Gasteiger charge is -2.35. The summed E-state index contributed by atoms with van der Waals surface area (Å²) in [6.45, 7) is 5.45. The number of aromatic nitrogens is 1. The number of pyridine rings is 1. The number of nitrogens with one attached hydrogen (secondary N) is 2. The number of carbonyl (C=O) groups is 2. The number of anilines is 1. The average molecular weight is 420 g/mol. The van der Waals surface area contributed by atoms with Crippen LogP contribution in [-0.2, 0) is 9.53 Å². The normalized spacial score (nSPS) is 19.5. The minimum absolute atomic E-state index is 0.0267. The predicted octanol–water partition coefficient (Wildman–Crippen LogP) is 4.24. The van der Waals surface area contributed by atoms with E-state index >= 15 is 0 Å². The second-order valence-corrected chi connectivity index (χ2v) is 8.48. The Labute approximate surface area is 160 Å². The standard InChI is InChI=1S/C19H22BrN3O3/c1-19(2,3)26-18(25)22-15-7-13(8-15)17(24)23-16-9-12-6-14(20)5-4-11(12)10-21-16/h4-6,9-10,13,15H,7-8H2,1-3H3,(H,22,25)(H,21,23,24). The summed E-state index contributed by atoms with van der Waals surface area (Å²) in [5, 5.41) is 7.66. The molecule has 6 nitrogen and oxygen atoms in total. The maximum Gasteiger partial charge on any atom is 0.407 e. The van der Waals surface area contributed by atoms with Crippen molar-refractivity contribution in [2.45, 2.75) is 45.3 Å². The first-order valence-electron chi connectivity index (χ1n) is 8.55. The molecule has 2 amide bonds. The zero-order valence-electron chi connectivity index (χ0n) is 15.0. The number of ether oxygens (including phenoxy) is 1. The Bertz CT molecular complexity index is 842. The van der Waals surface area contributed by atoms with Crippen LogP contribution < -0.4 is 10.6 Å². The maximum absolute atomic E-state index is 12.4. The third-order valence-corrected chi connectivity index (χ3v) is 4.66. The van der Waals surface area contributed by atoms with Crippen molar-refractivity contribution in [1.82, 2.24) is 10.3 Å². The molecular weight excluding hydrogens is 398 g/mol. The second kappa shape index (κ2) is 7.23. The fourth-order valence-corrected chi connectivity index (χ4v) is 3.21. The fraction of sp³-hybridized carbons (Fsp3) is 0.421. The van der Waals surface area contributed by atoms with Crippen LogP contribution in [0.5, 0.6) is 0 Å². The van der Waals surface area contributed by atoms with E-state index in [1.54, 1.807) is 6.20 Å². The zero-order chi connectivity index (χ0) is 18.9. The van der Waals surface area contributed by atoms with E-state index in [4.69, 9.17) is 4.74 Å². The van der Waals surface area contributed by atoms with Gasteiger partial charge < -0.3 is 15.4 Å². The van der Waals surface area contributed by atoms with Gasteiger partial charge in [0, 0.05) is 28.0 Å². The summed E-state index contributed by atoms with van der Waals surface area (Å²) in [6.07, 6.45) is 2.50. The Morgan fingerprint density at radius 3 is 2.62 bits per heavy atom. The largest absolute Gasteiger partial charge is 0.444 e. The summed E-state index contributed by atoms with van der Waals surface area (Å²) in [7, 11) is 0. The monoisotopic (exact) mass is 419 g/mol. The molecule has 7 heteroatoms. The molecule has 0 bridgehead atoms. The van der Waals surface area contributed by atoms with Crippen molar-refractivity contribution in [3.05, 3.63) is 34.9 Å². The van der Waals surface area contributed by atoms with Crippen LogP contribution in [0.3, 0.4) is 0 Å². The Morgan fingerprint density at radius 2 is 1.92 bits per heavy atom. The van der Waals surface area contributed by atoms with Gasteiger partial charge in [0.25, 0.3) is 0 Å². The molecule has 0 saturated heterocycles. The van der Waals surface area contributed by atoms with Gasteiger partial charge in [-0.2, -0.15) is 0 Å². The summed E-state index contributed by atoms with van der Waals surface area (Å²) in [5.74, 6) is 0.327. The lowest BCUT2D eigenvalue weighted by Crippen LogP contribution is -2.49. The number of hydrogen-bond donors (Lipinski definition) is 2. The van der Waals surface area contributed by atoms with E-state index in [0.29, 0.717) is 18.7 Å². The lowest BCUT2D eigenvalue weighted by atomic mass is 9.79. The van der Waals surface area contributed by atoms with Gasteiger partial charge in [-0.1, -0.05) is 22.0 Å². The molecule has 1 fully saturated rings. The SMILES string of the molecule is CC(C)(C)OC(=O)NC1CC(C(=O)Nc2cc3cc(Br)ccc3cn2)C1. The third kappa shape index (κ3) is 4.72. The molecule has 1 aromatic carbocycles. The summed E-state index contributed by atoms with van der Waals surface area (Å²) in [4.78, 5) is 28.4. The van der Waals surface area contributed by atoms with Gasteiger partial charge in [-0.25, -0.2) is 9.78 Å². The van der Waals surface area contributed by atoms with Crippen LogP contribution in [0.25, 0.3) is 10.8 Å². The molecule has 2 N–H and O–H groups in total. The molecule has 3 rings (SSSR count). The highest BCUT2D eigenvalue weighted by molar-refractivity contribution is 9.10. The van der Waals surface area contributed by atoms with Crippen molar-refractivity contribution in [1.29, 1.82) is 0 Å². The summed E-state index contributed by atoms with van der Waals surface area (Å²) >= 11 is 3.44. The van der Waals surface area contributed by atoms with E-state index in [1.165, 1.54) is 0 Å². The Morgan fingerprint density at radius 1 is 1.19 bits per heavy atom. The van der Waals surface area contributed by atoms with Crippen molar-refractivity contribution < 1.29 is 14.3 Å². The molecule has 1 aromatic heterocycles. The summed E-state index contributed by atoms with van der Waals surface area (Å²) < 4.78 is 6.20. The number of rotatable bonds is 3. The van der Waals surface area contributed by atoms with E-state index in [2.05, 4.69) is 31.5 Å². The van der Waals surface area contributed by atoms with Crippen LogP contribution in [0.15, 0.2) is 34.9 Å². The van der Waals surface area contributed by atoms with Gasteiger partial charge in [0.05, 0.1) is 0 Å². The molecule has 138 valence electrons. The second-order valence-electron chi connectivity index (χ2n) is 7.56. The molecule has 1 aliphatic carbocycles.